The zero-order valence-corrected chi connectivity index (χ0v) is 11.9. The zero-order valence-electron chi connectivity index (χ0n) is 10.3. The molecular weight excluding hydrogens is 304 g/mol. The number of benzene rings is 1. The lowest BCUT2D eigenvalue weighted by atomic mass is 10.2. The van der Waals surface area contributed by atoms with E-state index in [9.17, 15) is 4.79 Å². The van der Waals surface area contributed by atoms with Crippen molar-refractivity contribution in [2.45, 2.75) is 6.92 Å². The number of halogens is 1. The van der Waals surface area contributed by atoms with Crippen molar-refractivity contribution >= 4 is 27.0 Å². The molecule has 0 aliphatic heterocycles. The Morgan fingerprint density at radius 1 is 1.16 bits per heavy atom. The predicted molar refractivity (Wildman–Crippen MR) is 79.8 cm³/mol. The molecule has 0 N–H and O–H groups in total. The van der Waals surface area contributed by atoms with Crippen molar-refractivity contribution in [1.82, 2.24) is 9.55 Å². The minimum Gasteiger partial charge on any atom is -0.298 e. The first kappa shape index (κ1) is 12.1. The van der Waals surface area contributed by atoms with Crippen LogP contribution in [0.5, 0.6) is 0 Å². The van der Waals surface area contributed by atoms with Crippen molar-refractivity contribution in [2.24, 2.45) is 0 Å². The van der Waals surface area contributed by atoms with Crippen LogP contribution in [0.25, 0.3) is 16.7 Å². The van der Waals surface area contributed by atoms with Gasteiger partial charge in [0.2, 0.25) is 0 Å². The number of nitrogens with zero attached hydrogens (tertiary/aromatic N) is 2. The molecule has 0 saturated heterocycles. The van der Waals surface area contributed by atoms with Crippen LogP contribution in [0.15, 0.2) is 57.9 Å². The van der Waals surface area contributed by atoms with Crippen LogP contribution in [-0.2, 0) is 0 Å². The van der Waals surface area contributed by atoms with Crippen molar-refractivity contribution in [1.29, 1.82) is 0 Å². The molecule has 0 atom stereocenters. The molecule has 0 spiro atoms. The van der Waals surface area contributed by atoms with E-state index in [2.05, 4.69) is 20.9 Å². The van der Waals surface area contributed by atoms with Gasteiger partial charge in [0.05, 0.1) is 5.39 Å². The van der Waals surface area contributed by atoms with E-state index in [1.807, 2.05) is 35.8 Å². The molecule has 3 nitrogen and oxygen atoms in total. The highest BCUT2D eigenvalue weighted by atomic mass is 79.9. The highest BCUT2D eigenvalue weighted by Gasteiger charge is 2.08. The lowest BCUT2D eigenvalue weighted by molar-refractivity contribution is 0.999. The van der Waals surface area contributed by atoms with E-state index in [4.69, 9.17) is 0 Å². The summed E-state index contributed by atoms with van der Waals surface area (Å²) in [6.45, 7) is 1.91. The number of pyridine rings is 2. The molecule has 0 unspecified atom stereocenters. The smallest absolute Gasteiger partial charge is 0.191 e. The van der Waals surface area contributed by atoms with Gasteiger partial charge in [-0.15, -0.1) is 0 Å². The number of aromatic nitrogens is 2. The van der Waals surface area contributed by atoms with E-state index >= 15 is 0 Å². The molecule has 0 saturated carbocycles. The second-order valence-electron chi connectivity index (χ2n) is 4.34. The van der Waals surface area contributed by atoms with Crippen molar-refractivity contribution in [3.63, 3.8) is 0 Å². The molecule has 19 heavy (non-hydrogen) atoms. The molecule has 3 aromatic rings. The van der Waals surface area contributed by atoms with E-state index < -0.39 is 0 Å². The first-order valence-electron chi connectivity index (χ1n) is 5.90. The molecule has 4 heteroatoms. The third-order valence-corrected chi connectivity index (χ3v) is 3.57. The summed E-state index contributed by atoms with van der Waals surface area (Å²) in [5.41, 5.74) is 2.56. The van der Waals surface area contributed by atoms with Gasteiger partial charge < -0.3 is 0 Å². The molecule has 0 bridgehead atoms. The summed E-state index contributed by atoms with van der Waals surface area (Å²) in [4.78, 5) is 16.3. The Balaban J connectivity index is 2.40. The number of rotatable bonds is 1. The summed E-state index contributed by atoms with van der Waals surface area (Å²) in [7, 11) is 0. The van der Waals surface area contributed by atoms with Crippen LogP contribution >= 0.6 is 15.9 Å². The number of hydrogen-bond acceptors (Lipinski definition) is 2. The fraction of sp³-hybridized carbons (Fsp3) is 0.0667. The molecule has 0 radical (unpaired) electrons. The van der Waals surface area contributed by atoms with E-state index in [0.29, 0.717) is 11.0 Å². The largest absolute Gasteiger partial charge is 0.298 e. The number of hydrogen-bond donors (Lipinski definition) is 0. The maximum absolute atomic E-state index is 12.0. The van der Waals surface area contributed by atoms with Crippen molar-refractivity contribution < 1.29 is 0 Å². The lowest BCUT2D eigenvalue weighted by Crippen LogP contribution is -2.11. The molecule has 2 heterocycles. The van der Waals surface area contributed by atoms with Gasteiger partial charge >= 0.3 is 0 Å². The maximum Gasteiger partial charge on any atom is 0.191 e. The second kappa shape index (κ2) is 4.63. The fourth-order valence-corrected chi connectivity index (χ4v) is 2.45. The molecule has 0 amide bonds. The highest BCUT2D eigenvalue weighted by Crippen LogP contribution is 2.19. The van der Waals surface area contributed by atoms with Crippen LogP contribution in [0, 0.1) is 6.92 Å². The maximum atomic E-state index is 12.0. The van der Waals surface area contributed by atoms with Gasteiger partial charge in [-0.1, -0.05) is 15.9 Å². The summed E-state index contributed by atoms with van der Waals surface area (Å²) >= 11 is 3.42. The molecule has 0 fully saturated rings. The minimum atomic E-state index is 0.00830. The van der Waals surface area contributed by atoms with Crippen LogP contribution in [0.1, 0.15) is 5.69 Å². The van der Waals surface area contributed by atoms with Crippen molar-refractivity contribution in [3.05, 3.63) is 69.1 Å². The van der Waals surface area contributed by atoms with E-state index in [1.165, 1.54) is 0 Å². The third-order valence-electron chi connectivity index (χ3n) is 3.04. The van der Waals surface area contributed by atoms with Crippen LogP contribution < -0.4 is 5.43 Å². The van der Waals surface area contributed by atoms with Gasteiger partial charge in [-0.05, 0) is 43.3 Å². The highest BCUT2D eigenvalue weighted by molar-refractivity contribution is 9.10. The Hall–Kier alpha value is -1.94. The predicted octanol–water partition coefficient (Wildman–Crippen LogP) is 3.46. The SMILES string of the molecule is Cc1cc(=O)c2cccnc2n1-c1ccc(Br)cc1. The Bertz CT molecular complexity index is 806. The topological polar surface area (TPSA) is 34.9 Å². The van der Waals surface area contributed by atoms with Gasteiger partial charge in [0, 0.05) is 28.1 Å². The molecular formula is C15H11BrN2O. The van der Waals surface area contributed by atoms with Crippen LogP contribution in [-0.4, -0.2) is 9.55 Å². The minimum absolute atomic E-state index is 0.00830. The summed E-state index contributed by atoms with van der Waals surface area (Å²) in [6.07, 6.45) is 1.70. The van der Waals surface area contributed by atoms with Crippen LogP contribution in [0.3, 0.4) is 0 Å². The second-order valence-corrected chi connectivity index (χ2v) is 5.25. The average Bonchev–Trinajstić information content (AvgIpc) is 2.41. The van der Waals surface area contributed by atoms with Gasteiger partial charge in [-0.2, -0.15) is 0 Å². The molecule has 0 aliphatic carbocycles. The van der Waals surface area contributed by atoms with Crippen LogP contribution in [0.2, 0.25) is 0 Å². The Morgan fingerprint density at radius 2 is 1.89 bits per heavy atom. The van der Waals surface area contributed by atoms with E-state index in [1.54, 1.807) is 24.4 Å². The van der Waals surface area contributed by atoms with Gasteiger partial charge in [0.1, 0.15) is 5.65 Å². The quantitative estimate of drug-likeness (QED) is 0.689. The summed E-state index contributed by atoms with van der Waals surface area (Å²) < 4.78 is 3.01. The summed E-state index contributed by atoms with van der Waals surface area (Å²) in [5, 5.41) is 0.635. The normalized spacial score (nSPS) is 10.8. The Labute approximate surface area is 118 Å². The summed E-state index contributed by atoms with van der Waals surface area (Å²) in [5.74, 6) is 0. The van der Waals surface area contributed by atoms with Crippen molar-refractivity contribution in [2.75, 3.05) is 0 Å². The van der Waals surface area contributed by atoms with E-state index in [-0.39, 0.29) is 5.43 Å². The molecule has 1 aromatic carbocycles. The third kappa shape index (κ3) is 2.08. The lowest BCUT2D eigenvalue weighted by Gasteiger charge is -2.13. The van der Waals surface area contributed by atoms with Crippen molar-refractivity contribution in [3.8, 4) is 5.69 Å². The Morgan fingerprint density at radius 3 is 2.63 bits per heavy atom. The molecule has 0 aliphatic rings. The standard InChI is InChI=1S/C15H11BrN2O/c1-10-9-14(19)13-3-2-8-17-15(13)18(10)12-6-4-11(16)5-7-12/h2-9H,1H3. The van der Waals surface area contributed by atoms with Gasteiger partial charge in [-0.25, -0.2) is 4.98 Å². The molecule has 3 rings (SSSR count). The number of fused-ring (bicyclic) bond motifs is 1. The summed E-state index contributed by atoms with van der Waals surface area (Å²) in [6, 6.07) is 13.2. The fourth-order valence-electron chi connectivity index (χ4n) is 2.18. The Kier molecular flexibility index (Phi) is 2.95. The average molecular weight is 315 g/mol. The first-order chi connectivity index (χ1) is 9.16. The zero-order chi connectivity index (χ0) is 13.4. The van der Waals surface area contributed by atoms with Gasteiger partial charge in [-0.3, -0.25) is 9.36 Å². The van der Waals surface area contributed by atoms with Crippen LogP contribution in [0.4, 0.5) is 0 Å². The number of aryl methyl sites for hydroxylation is 1. The molecule has 2 aromatic heterocycles. The van der Waals surface area contributed by atoms with Gasteiger partial charge in [0.25, 0.3) is 0 Å². The van der Waals surface area contributed by atoms with Gasteiger partial charge in [0.15, 0.2) is 5.43 Å². The monoisotopic (exact) mass is 314 g/mol. The first-order valence-corrected chi connectivity index (χ1v) is 6.69. The van der Waals surface area contributed by atoms with E-state index in [0.717, 1.165) is 15.9 Å². The molecule has 94 valence electrons.